The Morgan fingerprint density at radius 3 is 2.24 bits per heavy atom. The summed E-state index contributed by atoms with van der Waals surface area (Å²) in [6, 6.07) is 15.6. The number of hydrogen-bond acceptors (Lipinski definition) is 1. The minimum Gasteiger partial charge on any atom is -0.355 e. The molecular formula is C20H25N. The minimum atomic E-state index is 0.786. The van der Waals surface area contributed by atoms with E-state index in [9.17, 15) is 0 Å². The second-order valence-electron chi connectivity index (χ2n) is 6.40. The molecule has 0 heterocycles. The fourth-order valence-electron chi connectivity index (χ4n) is 3.38. The Hall–Kier alpha value is -1.76. The zero-order chi connectivity index (χ0) is 14.7. The Morgan fingerprint density at radius 2 is 1.57 bits per heavy atom. The SMILES string of the molecule is Cc1ccc(Nc2ccc(C3CCCCC3)cc2)c(C)c1. The third-order valence-corrected chi connectivity index (χ3v) is 4.65. The van der Waals surface area contributed by atoms with Gasteiger partial charge >= 0.3 is 0 Å². The maximum absolute atomic E-state index is 3.53. The first kappa shape index (κ1) is 14.2. The highest BCUT2D eigenvalue weighted by Crippen LogP contribution is 2.33. The van der Waals surface area contributed by atoms with Crippen LogP contribution in [0.15, 0.2) is 42.5 Å². The van der Waals surface area contributed by atoms with Gasteiger partial charge in [0.05, 0.1) is 0 Å². The first-order valence-electron chi connectivity index (χ1n) is 8.16. The lowest BCUT2D eigenvalue weighted by molar-refractivity contribution is 0.443. The van der Waals surface area contributed by atoms with E-state index < -0.39 is 0 Å². The van der Waals surface area contributed by atoms with Gasteiger partial charge < -0.3 is 5.32 Å². The van der Waals surface area contributed by atoms with Crippen molar-refractivity contribution in [2.75, 3.05) is 5.32 Å². The van der Waals surface area contributed by atoms with E-state index in [0.29, 0.717) is 0 Å². The molecule has 1 aliphatic rings. The molecule has 3 rings (SSSR count). The predicted molar refractivity (Wildman–Crippen MR) is 91.5 cm³/mol. The van der Waals surface area contributed by atoms with Crippen LogP contribution in [0.25, 0.3) is 0 Å². The van der Waals surface area contributed by atoms with Crippen molar-refractivity contribution in [3.8, 4) is 0 Å². The Kier molecular flexibility index (Phi) is 4.28. The van der Waals surface area contributed by atoms with Crippen molar-refractivity contribution < 1.29 is 0 Å². The van der Waals surface area contributed by atoms with Crippen LogP contribution < -0.4 is 5.32 Å². The number of aryl methyl sites for hydroxylation is 2. The molecule has 2 aromatic rings. The average Bonchev–Trinajstić information content (AvgIpc) is 2.52. The van der Waals surface area contributed by atoms with Crippen LogP contribution in [-0.2, 0) is 0 Å². The van der Waals surface area contributed by atoms with Crippen LogP contribution in [-0.4, -0.2) is 0 Å². The van der Waals surface area contributed by atoms with Gasteiger partial charge in [-0.1, -0.05) is 49.1 Å². The lowest BCUT2D eigenvalue weighted by atomic mass is 9.84. The van der Waals surface area contributed by atoms with Crippen molar-refractivity contribution in [2.45, 2.75) is 51.9 Å². The third kappa shape index (κ3) is 3.47. The van der Waals surface area contributed by atoms with Gasteiger partial charge in [0.15, 0.2) is 0 Å². The fourth-order valence-corrected chi connectivity index (χ4v) is 3.38. The highest BCUT2D eigenvalue weighted by Gasteiger charge is 2.15. The fraction of sp³-hybridized carbons (Fsp3) is 0.400. The Bertz CT molecular complexity index is 592. The summed E-state index contributed by atoms with van der Waals surface area (Å²) in [6.45, 7) is 4.29. The summed E-state index contributed by atoms with van der Waals surface area (Å²) in [7, 11) is 0. The highest BCUT2D eigenvalue weighted by atomic mass is 14.9. The summed E-state index contributed by atoms with van der Waals surface area (Å²) < 4.78 is 0. The number of anilines is 2. The zero-order valence-corrected chi connectivity index (χ0v) is 13.2. The number of benzene rings is 2. The van der Waals surface area contributed by atoms with E-state index in [0.717, 1.165) is 5.92 Å². The van der Waals surface area contributed by atoms with Crippen molar-refractivity contribution in [1.29, 1.82) is 0 Å². The molecule has 0 bridgehead atoms. The largest absolute Gasteiger partial charge is 0.355 e. The molecule has 1 nitrogen and oxygen atoms in total. The molecule has 1 N–H and O–H groups in total. The van der Waals surface area contributed by atoms with Crippen LogP contribution >= 0.6 is 0 Å². The van der Waals surface area contributed by atoms with E-state index in [1.54, 1.807) is 0 Å². The van der Waals surface area contributed by atoms with E-state index >= 15 is 0 Å². The Balaban J connectivity index is 1.71. The van der Waals surface area contributed by atoms with Crippen LogP contribution in [0.5, 0.6) is 0 Å². The van der Waals surface area contributed by atoms with Gasteiger partial charge in [0.25, 0.3) is 0 Å². The van der Waals surface area contributed by atoms with E-state index in [-0.39, 0.29) is 0 Å². The predicted octanol–water partition coefficient (Wildman–Crippen LogP) is 6.09. The molecule has 0 aromatic heterocycles. The van der Waals surface area contributed by atoms with E-state index in [1.165, 1.54) is 60.2 Å². The van der Waals surface area contributed by atoms with Crippen molar-refractivity contribution in [1.82, 2.24) is 0 Å². The summed E-state index contributed by atoms with van der Waals surface area (Å²) in [4.78, 5) is 0. The molecular weight excluding hydrogens is 254 g/mol. The van der Waals surface area contributed by atoms with Gasteiger partial charge in [0.1, 0.15) is 0 Å². The summed E-state index contributed by atoms with van der Waals surface area (Å²) in [5, 5.41) is 3.53. The lowest BCUT2D eigenvalue weighted by Crippen LogP contribution is -2.04. The molecule has 110 valence electrons. The summed E-state index contributed by atoms with van der Waals surface area (Å²) >= 11 is 0. The highest BCUT2D eigenvalue weighted by molar-refractivity contribution is 5.63. The normalized spacial score (nSPS) is 15.9. The minimum absolute atomic E-state index is 0.786. The van der Waals surface area contributed by atoms with Crippen molar-refractivity contribution in [3.05, 3.63) is 59.2 Å². The molecule has 0 radical (unpaired) electrons. The van der Waals surface area contributed by atoms with Gasteiger partial charge in [-0.2, -0.15) is 0 Å². The molecule has 1 aliphatic carbocycles. The first-order chi connectivity index (χ1) is 10.2. The molecule has 2 aromatic carbocycles. The summed E-state index contributed by atoms with van der Waals surface area (Å²) in [5.74, 6) is 0.786. The van der Waals surface area contributed by atoms with Crippen LogP contribution in [0.4, 0.5) is 11.4 Å². The zero-order valence-electron chi connectivity index (χ0n) is 13.2. The molecule has 0 atom stereocenters. The Labute approximate surface area is 128 Å². The van der Waals surface area contributed by atoms with Crippen LogP contribution in [0, 0.1) is 13.8 Å². The third-order valence-electron chi connectivity index (χ3n) is 4.65. The van der Waals surface area contributed by atoms with E-state index in [2.05, 4.69) is 61.6 Å². The van der Waals surface area contributed by atoms with Crippen LogP contribution in [0.2, 0.25) is 0 Å². The molecule has 0 spiro atoms. The molecule has 0 saturated heterocycles. The molecule has 1 heteroatoms. The Morgan fingerprint density at radius 1 is 0.857 bits per heavy atom. The van der Waals surface area contributed by atoms with Crippen LogP contribution in [0.1, 0.15) is 54.7 Å². The molecule has 21 heavy (non-hydrogen) atoms. The molecule has 1 saturated carbocycles. The second-order valence-corrected chi connectivity index (χ2v) is 6.40. The van der Waals surface area contributed by atoms with E-state index in [1.807, 2.05) is 0 Å². The van der Waals surface area contributed by atoms with Crippen LogP contribution in [0.3, 0.4) is 0 Å². The molecule has 1 fully saturated rings. The van der Waals surface area contributed by atoms with Gasteiger partial charge in [-0.15, -0.1) is 0 Å². The van der Waals surface area contributed by atoms with Gasteiger partial charge in [0.2, 0.25) is 0 Å². The number of rotatable bonds is 3. The molecule has 0 amide bonds. The second kappa shape index (κ2) is 6.34. The topological polar surface area (TPSA) is 12.0 Å². The number of nitrogens with one attached hydrogen (secondary N) is 1. The van der Waals surface area contributed by atoms with Gasteiger partial charge in [-0.3, -0.25) is 0 Å². The maximum Gasteiger partial charge on any atom is 0.0414 e. The van der Waals surface area contributed by atoms with Crippen molar-refractivity contribution in [2.24, 2.45) is 0 Å². The maximum atomic E-state index is 3.53. The average molecular weight is 279 g/mol. The first-order valence-corrected chi connectivity index (χ1v) is 8.16. The summed E-state index contributed by atoms with van der Waals surface area (Å²) in [6.07, 6.45) is 6.94. The summed E-state index contributed by atoms with van der Waals surface area (Å²) in [5.41, 5.74) is 6.51. The van der Waals surface area contributed by atoms with Gasteiger partial charge in [-0.25, -0.2) is 0 Å². The molecule has 0 aliphatic heterocycles. The quantitative estimate of drug-likeness (QED) is 0.716. The standard InChI is InChI=1S/C20H25N/c1-15-8-13-20(16(2)14-15)21-19-11-9-18(10-12-19)17-6-4-3-5-7-17/h8-14,17,21H,3-7H2,1-2H3. The number of hydrogen-bond donors (Lipinski definition) is 1. The smallest absolute Gasteiger partial charge is 0.0414 e. The molecule has 0 unspecified atom stereocenters. The lowest BCUT2D eigenvalue weighted by Gasteiger charge is -2.22. The monoisotopic (exact) mass is 279 g/mol. The van der Waals surface area contributed by atoms with Crippen molar-refractivity contribution in [3.63, 3.8) is 0 Å². The van der Waals surface area contributed by atoms with Gasteiger partial charge in [-0.05, 0) is 61.9 Å². The van der Waals surface area contributed by atoms with Gasteiger partial charge in [0, 0.05) is 11.4 Å². The van der Waals surface area contributed by atoms with E-state index in [4.69, 9.17) is 0 Å². The van der Waals surface area contributed by atoms with Crippen molar-refractivity contribution >= 4 is 11.4 Å².